The number of aliphatic hydroxyl groups excluding tert-OH is 1. The minimum absolute atomic E-state index is 0.334. The molecular formula is C17H36OS2. The Morgan fingerprint density at radius 1 is 0.650 bits per heavy atom. The van der Waals surface area contributed by atoms with Crippen molar-refractivity contribution in [1.29, 1.82) is 0 Å². The Hall–Kier alpha value is 0.660. The van der Waals surface area contributed by atoms with Crippen molar-refractivity contribution in [1.82, 2.24) is 0 Å². The fourth-order valence-corrected chi connectivity index (χ4v) is 4.05. The Bertz CT molecular complexity index is 174. The molecule has 1 N–H and O–H groups in total. The summed E-state index contributed by atoms with van der Waals surface area (Å²) in [5.74, 6) is 5.73. The minimum atomic E-state index is 0.334. The van der Waals surface area contributed by atoms with Crippen molar-refractivity contribution in [2.45, 2.75) is 71.6 Å². The van der Waals surface area contributed by atoms with E-state index in [1.165, 1.54) is 75.0 Å². The third kappa shape index (κ3) is 18.7. The number of thioether (sulfide) groups is 2. The van der Waals surface area contributed by atoms with Crippen LogP contribution in [-0.2, 0) is 0 Å². The van der Waals surface area contributed by atoms with Gasteiger partial charge in [0.15, 0.2) is 0 Å². The molecule has 0 rings (SSSR count). The van der Waals surface area contributed by atoms with Crippen LogP contribution >= 0.6 is 23.5 Å². The summed E-state index contributed by atoms with van der Waals surface area (Å²) < 4.78 is 0. The molecule has 0 atom stereocenters. The first-order valence-corrected chi connectivity index (χ1v) is 10.8. The van der Waals surface area contributed by atoms with Crippen LogP contribution in [0.25, 0.3) is 0 Å². The van der Waals surface area contributed by atoms with Crippen LogP contribution in [0.1, 0.15) is 71.6 Å². The number of aliphatic hydroxyl groups is 1. The van der Waals surface area contributed by atoms with Gasteiger partial charge < -0.3 is 5.11 Å². The topological polar surface area (TPSA) is 20.2 Å². The molecule has 3 heteroatoms. The SMILES string of the molecule is CC(C)CCSCCCCCCCCCCSCCO. The van der Waals surface area contributed by atoms with Crippen LogP contribution in [0.4, 0.5) is 0 Å². The van der Waals surface area contributed by atoms with E-state index in [-0.39, 0.29) is 0 Å². The predicted molar refractivity (Wildman–Crippen MR) is 98.1 cm³/mol. The molecule has 0 spiro atoms. The summed E-state index contributed by atoms with van der Waals surface area (Å²) in [5.41, 5.74) is 0. The van der Waals surface area contributed by atoms with Gasteiger partial charge in [0, 0.05) is 5.75 Å². The third-order valence-electron chi connectivity index (χ3n) is 3.40. The van der Waals surface area contributed by atoms with E-state index >= 15 is 0 Å². The Labute approximate surface area is 136 Å². The van der Waals surface area contributed by atoms with E-state index in [0.717, 1.165) is 11.7 Å². The molecule has 0 heterocycles. The van der Waals surface area contributed by atoms with Gasteiger partial charge in [-0.05, 0) is 42.4 Å². The summed E-state index contributed by atoms with van der Waals surface area (Å²) in [6.07, 6.45) is 12.6. The van der Waals surface area contributed by atoms with Crippen molar-refractivity contribution in [3.63, 3.8) is 0 Å². The number of rotatable bonds is 16. The molecule has 0 aromatic heterocycles. The Kier molecular flexibility index (Phi) is 18.3. The highest BCUT2D eigenvalue weighted by atomic mass is 32.2. The van der Waals surface area contributed by atoms with Crippen molar-refractivity contribution < 1.29 is 5.11 Å². The van der Waals surface area contributed by atoms with Gasteiger partial charge in [0.1, 0.15) is 0 Å². The van der Waals surface area contributed by atoms with Gasteiger partial charge in [0.25, 0.3) is 0 Å². The van der Waals surface area contributed by atoms with E-state index in [1.807, 2.05) is 11.8 Å². The van der Waals surface area contributed by atoms with Crippen LogP contribution in [0.5, 0.6) is 0 Å². The molecule has 0 saturated heterocycles. The first-order valence-electron chi connectivity index (χ1n) is 8.53. The van der Waals surface area contributed by atoms with Gasteiger partial charge in [0.2, 0.25) is 0 Å². The Balaban J connectivity index is 2.92. The molecule has 20 heavy (non-hydrogen) atoms. The second kappa shape index (κ2) is 17.7. The largest absolute Gasteiger partial charge is 0.396 e. The first-order chi connectivity index (χ1) is 9.77. The average Bonchev–Trinajstić information content (AvgIpc) is 2.43. The molecule has 1 nitrogen and oxygen atoms in total. The van der Waals surface area contributed by atoms with Crippen LogP contribution in [-0.4, -0.2) is 34.7 Å². The van der Waals surface area contributed by atoms with Crippen LogP contribution in [0, 0.1) is 5.92 Å². The van der Waals surface area contributed by atoms with Crippen LogP contribution in [0.15, 0.2) is 0 Å². The molecule has 0 aliphatic rings. The molecule has 122 valence electrons. The van der Waals surface area contributed by atoms with E-state index < -0.39 is 0 Å². The van der Waals surface area contributed by atoms with E-state index in [4.69, 9.17) is 5.11 Å². The van der Waals surface area contributed by atoms with Crippen LogP contribution in [0.3, 0.4) is 0 Å². The molecule has 0 radical (unpaired) electrons. The average molecular weight is 321 g/mol. The Morgan fingerprint density at radius 3 is 1.55 bits per heavy atom. The van der Waals surface area contributed by atoms with Gasteiger partial charge in [-0.1, -0.05) is 52.4 Å². The van der Waals surface area contributed by atoms with Gasteiger partial charge in [0.05, 0.1) is 6.61 Å². The lowest BCUT2D eigenvalue weighted by molar-refractivity contribution is 0.322. The van der Waals surface area contributed by atoms with E-state index in [1.54, 1.807) is 0 Å². The predicted octanol–water partition coefficient (Wildman–Crippen LogP) is 5.61. The molecule has 0 aliphatic carbocycles. The second-order valence-electron chi connectivity index (χ2n) is 5.96. The normalized spacial score (nSPS) is 11.4. The summed E-state index contributed by atoms with van der Waals surface area (Å²) in [4.78, 5) is 0. The molecule has 0 unspecified atom stereocenters. The lowest BCUT2D eigenvalue weighted by Crippen LogP contribution is -1.91. The fourth-order valence-electron chi connectivity index (χ4n) is 2.06. The zero-order chi connectivity index (χ0) is 14.9. The summed E-state index contributed by atoms with van der Waals surface area (Å²) in [6, 6.07) is 0. The highest BCUT2D eigenvalue weighted by Crippen LogP contribution is 2.14. The molecule has 0 aromatic rings. The zero-order valence-electron chi connectivity index (χ0n) is 13.7. The van der Waals surface area contributed by atoms with Crippen molar-refractivity contribution in [2.24, 2.45) is 5.92 Å². The van der Waals surface area contributed by atoms with Crippen LogP contribution in [0.2, 0.25) is 0 Å². The minimum Gasteiger partial charge on any atom is -0.396 e. The highest BCUT2D eigenvalue weighted by molar-refractivity contribution is 7.99. The smallest absolute Gasteiger partial charge is 0.0521 e. The van der Waals surface area contributed by atoms with Crippen molar-refractivity contribution in [2.75, 3.05) is 29.6 Å². The van der Waals surface area contributed by atoms with Gasteiger partial charge in [-0.25, -0.2) is 0 Å². The Morgan fingerprint density at radius 2 is 1.10 bits per heavy atom. The van der Waals surface area contributed by atoms with Crippen LogP contribution < -0.4 is 0 Å². The van der Waals surface area contributed by atoms with Gasteiger partial charge in [-0.15, -0.1) is 0 Å². The number of hydrogen-bond donors (Lipinski definition) is 1. The maximum absolute atomic E-state index is 8.66. The van der Waals surface area contributed by atoms with Crippen molar-refractivity contribution >= 4 is 23.5 Å². The molecule has 0 saturated carbocycles. The van der Waals surface area contributed by atoms with E-state index in [2.05, 4.69) is 25.6 Å². The van der Waals surface area contributed by atoms with Crippen molar-refractivity contribution in [3.8, 4) is 0 Å². The maximum atomic E-state index is 8.66. The van der Waals surface area contributed by atoms with Crippen molar-refractivity contribution in [3.05, 3.63) is 0 Å². The summed E-state index contributed by atoms with van der Waals surface area (Å²) in [5, 5.41) is 8.66. The molecule has 0 fully saturated rings. The summed E-state index contributed by atoms with van der Waals surface area (Å²) >= 11 is 4.03. The van der Waals surface area contributed by atoms with E-state index in [0.29, 0.717) is 6.61 Å². The molecular weight excluding hydrogens is 284 g/mol. The summed E-state index contributed by atoms with van der Waals surface area (Å²) in [7, 11) is 0. The first kappa shape index (κ1) is 20.7. The third-order valence-corrected chi connectivity index (χ3v) is 5.55. The lowest BCUT2D eigenvalue weighted by atomic mass is 10.1. The summed E-state index contributed by atoms with van der Waals surface area (Å²) in [6.45, 7) is 4.96. The highest BCUT2D eigenvalue weighted by Gasteiger charge is 1.96. The molecule has 0 bridgehead atoms. The molecule has 0 aliphatic heterocycles. The van der Waals surface area contributed by atoms with Gasteiger partial charge in [-0.2, -0.15) is 23.5 Å². The maximum Gasteiger partial charge on any atom is 0.0521 e. The van der Waals surface area contributed by atoms with Gasteiger partial charge in [-0.3, -0.25) is 0 Å². The quantitative estimate of drug-likeness (QED) is 0.373. The molecule has 0 amide bonds. The van der Waals surface area contributed by atoms with Gasteiger partial charge >= 0.3 is 0 Å². The number of hydrogen-bond acceptors (Lipinski definition) is 3. The zero-order valence-corrected chi connectivity index (χ0v) is 15.4. The second-order valence-corrected chi connectivity index (χ2v) is 8.41. The lowest BCUT2D eigenvalue weighted by Gasteiger charge is -2.05. The number of unbranched alkanes of at least 4 members (excludes halogenated alkanes) is 7. The van der Waals surface area contributed by atoms with E-state index in [9.17, 15) is 0 Å². The monoisotopic (exact) mass is 320 g/mol. The standard InChI is InChI=1S/C17H36OS2/c1-17(2)11-15-19-13-9-7-5-3-4-6-8-10-14-20-16-12-18/h17-18H,3-16H2,1-2H3. The fraction of sp³-hybridized carbons (Fsp3) is 1.00. The molecule has 0 aromatic carbocycles.